The van der Waals surface area contributed by atoms with Crippen LogP contribution >= 0.6 is 15.9 Å². The van der Waals surface area contributed by atoms with E-state index in [4.69, 9.17) is 5.73 Å². The topological polar surface area (TPSA) is 79.6 Å². The van der Waals surface area contributed by atoms with Crippen molar-refractivity contribution in [2.24, 2.45) is 0 Å². The lowest BCUT2D eigenvalue weighted by atomic mass is 10.2. The van der Waals surface area contributed by atoms with E-state index in [2.05, 4.69) is 43.1 Å². The van der Waals surface area contributed by atoms with Gasteiger partial charge in [0.25, 0.3) is 0 Å². The van der Waals surface area contributed by atoms with Crippen LogP contribution in [0.4, 0.5) is 11.4 Å². The van der Waals surface area contributed by atoms with Crippen molar-refractivity contribution in [3.63, 3.8) is 0 Å². The monoisotopic (exact) mass is 295 g/mol. The number of imidazole rings is 1. The summed E-state index contributed by atoms with van der Waals surface area (Å²) in [7, 11) is 0. The van der Waals surface area contributed by atoms with Crippen LogP contribution in [0.3, 0.4) is 0 Å². The molecule has 0 saturated heterocycles. The molecule has 2 aromatic rings. The van der Waals surface area contributed by atoms with E-state index in [0.29, 0.717) is 5.69 Å². The molecule has 1 unspecified atom stereocenters. The van der Waals surface area contributed by atoms with E-state index < -0.39 is 0 Å². The van der Waals surface area contributed by atoms with Gasteiger partial charge in [-0.05, 0) is 22.4 Å². The highest BCUT2D eigenvalue weighted by atomic mass is 79.9. The van der Waals surface area contributed by atoms with E-state index in [1.807, 2.05) is 6.20 Å². The number of hydrogen-bond donors (Lipinski definition) is 3. The standard InChI is InChI=1S/C11H14BrN5/c1-2-9(11-15-3-4-16-11)17-10-7(12)5-14-6-8(10)13/h3-6,9H,2,13H2,1H3,(H,14,17)(H,15,16). The molecule has 0 radical (unpaired) electrons. The van der Waals surface area contributed by atoms with Gasteiger partial charge in [0.15, 0.2) is 0 Å². The van der Waals surface area contributed by atoms with E-state index in [0.717, 1.165) is 22.4 Å². The van der Waals surface area contributed by atoms with Gasteiger partial charge in [-0.1, -0.05) is 6.92 Å². The second-order valence-electron chi connectivity index (χ2n) is 3.67. The Bertz CT molecular complexity index is 462. The van der Waals surface area contributed by atoms with Gasteiger partial charge >= 0.3 is 0 Å². The Kier molecular flexibility index (Phi) is 3.63. The highest BCUT2D eigenvalue weighted by Crippen LogP contribution is 2.31. The summed E-state index contributed by atoms with van der Waals surface area (Å²) < 4.78 is 0.850. The number of halogens is 1. The lowest BCUT2D eigenvalue weighted by Crippen LogP contribution is -2.13. The third kappa shape index (κ3) is 2.58. The Balaban J connectivity index is 2.25. The number of nitrogens with zero attached hydrogens (tertiary/aromatic N) is 2. The van der Waals surface area contributed by atoms with Crippen molar-refractivity contribution < 1.29 is 0 Å². The van der Waals surface area contributed by atoms with Crippen LogP contribution in [0.25, 0.3) is 0 Å². The molecule has 0 spiro atoms. The first kappa shape index (κ1) is 11.9. The number of hydrogen-bond acceptors (Lipinski definition) is 4. The molecule has 0 aromatic carbocycles. The van der Waals surface area contributed by atoms with E-state index in [1.165, 1.54) is 0 Å². The Hall–Kier alpha value is -1.56. The Morgan fingerprint density at radius 3 is 2.94 bits per heavy atom. The van der Waals surface area contributed by atoms with Crippen LogP contribution in [-0.4, -0.2) is 15.0 Å². The van der Waals surface area contributed by atoms with Crippen molar-refractivity contribution in [1.82, 2.24) is 15.0 Å². The van der Waals surface area contributed by atoms with Crippen molar-refractivity contribution in [2.45, 2.75) is 19.4 Å². The number of aromatic amines is 1. The zero-order chi connectivity index (χ0) is 12.3. The summed E-state index contributed by atoms with van der Waals surface area (Å²) in [5, 5.41) is 3.36. The molecular formula is C11H14BrN5. The molecule has 0 fully saturated rings. The molecule has 0 saturated carbocycles. The molecule has 2 rings (SSSR count). The van der Waals surface area contributed by atoms with E-state index in [1.54, 1.807) is 18.6 Å². The smallest absolute Gasteiger partial charge is 0.128 e. The van der Waals surface area contributed by atoms with Crippen molar-refractivity contribution >= 4 is 27.3 Å². The second-order valence-corrected chi connectivity index (χ2v) is 4.52. The molecule has 4 N–H and O–H groups in total. The third-order valence-electron chi connectivity index (χ3n) is 2.51. The highest BCUT2D eigenvalue weighted by molar-refractivity contribution is 9.10. The van der Waals surface area contributed by atoms with Gasteiger partial charge in [-0.15, -0.1) is 0 Å². The van der Waals surface area contributed by atoms with Gasteiger partial charge < -0.3 is 16.0 Å². The van der Waals surface area contributed by atoms with E-state index in [-0.39, 0.29) is 6.04 Å². The molecule has 2 heterocycles. The summed E-state index contributed by atoms with van der Waals surface area (Å²) in [4.78, 5) is 11.4. The minimum atomic E-state index is 0.103. The first-order valence-electron chi connectivity index (χ1n) is 5.37. The maximum atomic E-state index is 5.89. The molecule has 0 aliphatic heterocycles. The number of anilines is 2. The first-order chi connectivity index (χ1) is 8.22. The molecule has 6 heteroatoms. The van der Waals surface area contributed by atoms with Gasteiger partial charge in [-0.3, -0.25) is 4.98 Å². The summed E-state index contributed by atoms with van der Waals surface area (Å²) in [6, 6.07) is 0.103. The van der Waals surface area contributed by atoms with Gasteiger partial charge in [0.1, 0.15) is 5.82 Å². The summed E-state index contributed by atoms with van der Waals surface area (Å²) in [6.07, 6.45) is 7.80. The number of pyridine rings is 1. The van der Waals surface area contributed by atoms with Crippen LogP contribution in [-0.2, 0) is 0 Å². The first-order valence-corrected chi connectivity index (χ1v) is 6.16. The fraction of sp³-hybridized carbons (Fsp3) is 0.273. The SMILES string of the molecule is CCC(Nc1c(N)cncc1Br)c1ncc[nH]1. The quantitative estimate of drug-likeness (QED) is 0.810. The number of nitrogen functional groups attached to an aromatic ring is 1. The molecule has 0 aliphatic carbocycles. The maximum absolute atomic E-state index is 5.89. The predicted octanol–water partition coefficient (Wildman–Crippen LogP) is 2.71. The van der Waals surface area contributed by atoms with Gasteiger partial charge in [-0.25, -0.2) is 4.98 Å². The minimum absolute atomic E-state index is 0.103. The van der Waals surface area contributed by atoms with Gasteiger partial charge in [-0.2, -0.15) is 0 Å². The number of H-pyrrole nitrogens is 1. The predicted molar refractivity (Wildman–Crippen MR) is 71.6 cm³/mol. The molecule has 5 nitrogen and oxygen atoms in total. The molecule has 1 atom stereocenters. The number of nitrogens with one attached hydrogen (secondary N) is 2. The van der Waals surface area contributed by atoms with Crippen LogP contribution in [0.2, 0.25) is 0 Å². The van der Waals surface area contributed by atoms with Crippen LogP contribution in [0.5, 0.6) is 0 Å². The lowest BCUT2D eigenvalue weighted by molar-refractivity contribution is 0.704. The molecule has 90 valence electrons. The largest absolute Gasteiger partial charge is 0.396 e. The fourth-order valence-corrected chi connectivity index (χ4v) is 2.07. The van der Waals surface area contributed by atoms with Gasteiger partial charge in [0.2, 0.25) is 0 Å². The summed E-state index contributed by atoms with van der Waals surface area (Å²) in [6.45, 7) is 2.09. The normalized spacial score (nSPS) is 12.4. The molecule has 0 aliphatic rings. The van der Waals surface area contributed by atoms with Crippen LogP contribution < -0.4 is 11.1 Å². The number of nitrogens with two attached hydrogens (primary N) is 1. The third-order valence-corrected chi connectivity index (χ3v) is 3.11. The fourth-order valence-electron chi connectivity index (χ4n) is 1.61. The Morgan fingerprint density at radius 1 is 1.53 bits per heavy atom. The number of aromatic nitrogens is 3. The average molecular weight is 296 g/mol. The van der Waals surface area contributed by atoms with Gasteiger partial charge in [0.05, 0.1) is 28.1 Å². The maximum Gasteiger partial charge on any atom is 0.128 e. The summed E-state index contributed by atoms with van der Waals surface area (Å²) in [5.74, 6) is 0.899. The van der Waals surface area contributed by atoms with Crippen molar-refractivity contribution in [1.29, 1.82) is 0 Å². The Labute approximate surface area is 108 Å². The van der Waals surface area contributed by atoms with Crippen LogP contribution in [0, 0.1) is 0 Å². The second kappa shape index (κ2) is 5.18. The van der Waals surface area contributed by atoms with Crippen molar-refractivity contribution in [2.75, 3.05) is 11.1 Å². The molecule has 2 aromatic heterocycles. The van der Waals surface area contributed by atoms with Crippen LogP contribution in [0.15, 0.2) is 29.3 Å². The minimum Gasteiger partial charge on any atom is -0.396 e. The summed E-state index contributed by atoms with van der Waals surface area (Å²) in [5.41, 5.74) is 7.36. The highest BCUT2D eigenvalue weighted by Gasteiger charge is 2.14. The summed E-state index contributed by atoms with van der Waals surface area (Å²) >= 11 is 3.43. The average Bonchev–Trinajstić information content (AvgIpc) is 2.82. The molecule has 0 bridgehead atoms. The lowest BCUT2D eigenvalue weighted by Gasteiger charge is -2.18. The molecular weight excluding hydrogens is 282 g/mol. The van der Waals surface area contributed by atoms with E-state index >= 15 is 0 Å². The Morgan fingerprint density at radius 2 is 2.35 bits per heavy atom. The van der Waals surface area contributed by atoms with E-state index in [9.17, 15) is 0 Å². The van der Waals surface area contributed by atoms with Crippen molar-refractivity contribution in [3.05, 3.63) is 35.1 Å². The molecule has 17 heavy (non-hydrogen) atoms. The molecule has 0 amide bonds. The van der Waals surface area contributed by atoms with Gasteiger partial charge in [0, 0.05) is 18.6 Å². The van der Waals surface area contributed by atoms with Crippen LogP contribution in [0.1, 0.15) is 25.2 Å². The zero-order valence-corrected chi connectivity index (χ0v) is 11.0. The number of rotatable bonds is 4. The van der Waals surface area contributed by atoms with Crippen molar-refractivity contribution in [3.8, 4) is 0 Å². The zero-order valence-electron chi connectivity index (χ0n) is 9.44.